The maximum Gasteiger partial charge on any atom is 0.451 e. The van der Waals surface area contributed by atoms with E-state index in [1.165, 1.54) is 19.1 Å². The van der Waals surface area contributed by atoms with E-state index in [0.717, 1.165) is 23.4 Å². The van der Waals surface area contributed by atoms with Crippen LogP contribution in [0.4, 0.5) is 23.2 Å². The van der Waals surface area contributed by atoms with Crippen molar-refractivity contribution < 1.29 is 22.4 Å². The molecule has 1 heterocycles. The van der Waals surface area contributed by atoms with Crippen molar-refractivity contribution in [2.24, 2.45) is 7.05 Å². The number of amides is 1. The summed E-state index contributed by atoms with van der Waals surface area (Å²) < 4.78 is 53.0. The van der Waals surface area contributed by atoms with Crippen LogP contribution >= 0.6 is 27.7 Å². The second-order valence-corrected chi connectivity index (χ2v) is 6.96. The molecule has 0 aliphatic carbocycles. The molecule has 0 aliphatic heterocycles. The van der Waals surface area contributed by atoms with Crippen molar-refractivity contribution in [2.45, 2.75) is 23.5 Å². The number of alkyl halides is 3. The van der Waals surface area contributed by atoms with Crippen LogP contribution in [0.3, 0.4) is 0 Å². The van der Waals surface area contributed by atoms with Gasteiger partial charge in [0, 0.05) is 11.5 Å². The number of anilines is 1. The molecule has 0 spiro atoms. The zero-order valence-electron chi connectivity index (χ0n) is 12.4. The standard InChI is InChI=1S/C13H11BrF4N4OS/c1-6(10(23)19-9-4-3-7(14)5-8(9)15)24-12-21-20-11(22(12)2)13(16,17)18/h3-6H,1-2H3,(H,19,23). The van der Waals surface area contributed by atoms with E-state index in [2.05, 4.69) is 31.4 Å². The molecule has 0 saturated heterocycles. The van der Waals surface area contributed by atoms with Crippen molar-refractivity contribution in [3.63, 3.8) is 0 Å². The number of aromatic nitrogens is 3. The molecule has 1 N–H and O–H groups in total. The van der Waals surface area contributed by atoms with E-state index in [1.807, 2.05) is 0 Å². The van der Waals surface area contributed by atoms with Crippen LogP contribution in [-0.4, -0.2) is 25.9 Å². The molecule has 130 valence electrons. The van der Waals surface area contributed by atoms with Crippen LogP contribution in [0.25, 0.3) is 0 Å². The fourth-order valence-corrected chi connectivity index (χ4v) is 2.85. The maximum absolute atomic E-state index is 13.7. The van der Waals surface area contributed by atoms with Crippen molar-refractivity contribution in [1.29, 1.82) is 0 Å². The SMILES string of the molecule is CC(Sc1nnc(C(F)(F)F)n1C)C(=O)Nc1ccc(Br)cc1F. The Morgan fingerprint density at radius 2 is 2.04 bits per heavy atom. The van der Waals surface area contributed by atoms with E-state index in [0.29, 0.717) is 4.47 Å². The molecule has 0 aliphatic rings. The Bertz CT molecular complexity index is 765. The maximum atomic E-state index is 13.7. The Morgan fingerprint density at radius 3 is 2.58 bits per heavy atom. The number of hydrogen-bond donors (Lipinski definition) is 1. The van der Waals surface area contributed by atoms with Gasteiger partial charge in [0.25, 0.3) is 0 Å². The third-order valence-corrected chi connectivity index (χ3v) is 4.56. The van der Waals surface area contributed by atoms with Crippen molar-refractivity contribution in [2.75, 3.05) is 5.32 Å². The second kappa shape index (κ2) is 7.09. The summed E-state index contributed by atoms with van der Waals surface area (Å²) in [5.74, 6) is -2.36. The number of nitrogens with one attached hydrogen (secondary N) is 1. The van der Waals surface area contributed by atoms with Crippen LogP contribution in [0, 0.1) is 5.82 Å². The Morgan fingerprint density at radius 1 is 1.38 bits per heavy atom. The molecule has 1 unspecified atom stereocenters. The number of carbonyl (C=O) groups is 1. The first kappa shape index (κ1) is 18.7. The molecule has 0 radical (unpaired) electrons. The first-order valence-corrected chi connectivity index (χ1v) is 8.16. The Kier molecular flexibility index (Phi) is 5.53. The monoisotopic (exact) mass is 426 g/mol. The van der Waals surface area contributed by atoms with Gasteiger partial charge in [-0.25, -0.2) is 4.39 Å². The van der Waals surface area contributed by atoms with Crippen LogP contribution in [-0.2, 0) is 18.0 Å². The van der Waals surface area contributed by atoms with Gasteiger partial charge in [-0.1, -0.05) is 27.7 Å². The number of thioether (sulfide) groups is 1. The zero-order chi connectivity index (χ0) is 18.1. The Labute approximate surface area is 147 Å². The summed E-state index contributed by atoms with van der Waals surface area (Å²) in [5.41, 5.74) is -0.0235. The van der Waals surface area contributed by atoms with Crippen LogP contribution < -0.4 is 5.32 Å². The van der Waals surface area contributed by atoms with Gasteiger partial charge in [0.05, 0.1) is 10.9 Å². The zero-order valence-corrected chi connectivity index (χ0v) is 14.8. The summed E-state index contributed by atoms with van der Waals surface area (Å²) in [7, 11) is 1.16. The van der Waals surface area contributed by atoms with E-state index in [1.54, 1.807) is 6.07 Å². The highest BCUT2D eigenvalue weighted by atomic mass is 79.9. The molecule has 1 amide bonds. The van der Waals surface area contributed by atoms with Gasteiger partial charge >= 0.3 is 6.18 Å². The predicted molar refractivity (Wildman–Crippen MR) is 84.1 cm³/mol. The number of carbonyl (C=O) groups excluding carboxylic acids is 1. The average molecular weight is 427 g/mol. The van der Waals surface area contributed by atoms with Crippen molar-refractivity contribution in [3.05, 3.63) is 34.3 Å². The van der Waals surface area contributed by atoms with Crippen molar-refractivity contribution in [1.82, 2.24) is 14.8 Å². The van der Waals surface area contributed by atoms with Gasteiger partial charge in [-0.2, -0.15) is 13.2 Å². The minimum Gasteiger partial charge on any atom is -0.323 e. The van der Waals surface area contributed by atoms with Crippen LogP contribution in [0.5, 0.6) is 0 Å². The summed E-state index contributed by atoms with van der Waals surface area (Å²) in [6, 6.07) is 4.11. The average Bonchev–Trinajstić information content (AvgIpc) is 2.83. The molecule has 0 fully saturated rings. The Balaban J connectivity index is 2.08. The summed E-state index contributed by atoms with van der Waals surface area (Å²) in [5, 5.41) is 8.02. The van der Waals surface area contributed by atoms with Gasteiger partial charge in [-0.15, -0.1) is 10.2 Å². The van der Waals surface area contributed by atoms with Crippen LogP contribution in [0.2, 0.25) is 0 Å². The molecule has 0 saturated carbocycles. The molecule has 11 heteroatoms. The lowest BCUT2D eigenvalue weighted by molar-refractivity contribution is -0.147. The third-order valence-electron chi connectivity index (χ3n) is 2.93. The number of rotatable bonds is 4. The van der Waals surface area contributed by atoms with E-state index in [-0.39, 0.29) is 10.8 Å². The molecule has 0 bridgehead atoms. The lowest BCUT2D eigenvalue weighted by Gasteiger charge is -2.12. The second-order valence-electron chi connectivity index (χ2n) is 4.74. The van der Waals surface area contributed by atoms with Crippen LogP contribution in [0.15, 0.2) is 27.8 Å². The highest BCUT2D eigenvalue weighted by molar-refractivity contribution is 9.10. The van der Waals surface area contributed by atoms with Gasteiger partial charge < -0.3 is 9.88 Å². The minimum absolute atomic E-state index is 0.0235. The smallest absolute Gasteiger partial charge is 0.323 e. The topological polar surface area (TPSA) is 59.8 Å². The molecule has 24 heavy (non-hydrogen) atoms. The highest BCUT2D eigenvalue weighted by Gasteiger charge is 2.37. The van der Waals surface area contributed by atoms with E-state index >= 15 is 0 Å². The van der Waals surface area contributed by atoms with Crippen molar-refractivity contribution >= 4 is 39.3 Å². The molecular weight excluding hydrogens is 416 g/mol. The molecule has 5 nitrogen and oxygen atoms in total. The first-order chi connectivity index (χ1) is 11.1. The van der Waals surface area contributed by atoms with Gasteiger partial charge in [0.1, 0.15) is 5.82 Å². The summed E-state index contributed by atoms with van der Waals surface area (Å²) in [6.45, 7) is 1.47. The van der Waals surface area contributed by atoms with Crippen LogP contribution in [0.1, 0.15) is 12.7 Å². The largest absolute Gasteiger partial charge is 0.451 e. The Hall–Kier alpha value is -1.62. The fraction of sp³-hybridized carbons (Fsp3) is 0.308. The molecule has 2 rings (SSSR count). The number of hydrogen-bond acceptors (Lipinski definition) is 4. The molecule has 1 aromatic heterocycles. The number of benzene rings is 1. The van der Waals surface area contributed by atoms with Gasteiger partial charge in [-0.05, 0) is 25.1 Å². The fourth-order valence-electron chi connectivity index (χ4n) is 1.70. The molecule has 2 aromatic rings. The molecule has 1 atom stereocenters. The predicted octanol–water partition coefficient (Wildman–Crippen LogP) is 3.85. The summed E-state index contributed by atoms with van der Waals surface area (Å²) in [6.07, 6.45) is -4.63. The summed E-state index contributed by atoms with van der Waals surface area (Å²) in [4.78, 5) is 12.1. The van der Waals surface area contributed by atoms with E-state index < -0.39 is 29.0 Å². The van der Waals surface area contributed by atoms with Gasteiger partial charge in [0.15, 0.2) is 5.16 Å². The molecule has 1 aromatic carbocycles. The first-order valence-electron chi connectivity index (χ1n) is 6.48. The summed E-state index contributed by atoms with van der Waals surface area (Å²) >= 11 is 3.88. The normalized spacial score (nSPS) is 13.0. The minimum atomic E-state index is -4.63. The lowest BCUT2D eigenvalue weighted by Crippen LogP contribution is -2.23. The number of halogens is 5. The highest BCUT2D eigenvalue weighted by Crippen LogP contribution is 2.31. The molecular formula is C13H11BrF4N4OS. The van der Waals surface area contributed by atoms with Crippen molar-refractivity contribution in [3.8, 4) is 0 Å². The third kappa shape index (κ3) is 4.26. The van der Waals surface area contributed by atoms with Gasteiger partial charge in [-0.3, -0.25) is 4.79 Å². The lowest BCUT2D eigenvalue weighted by atomic mass is 10.3. The quantitative estimate of drug-likeness (QED) is 0.595. The van der Waals surface area contributed by atoms with E-state index in [9.17, 15) is 22.4 Å². The van der Waals surface area contributed by atoms with E-state index in [4.69, 9.17) is 0 Å². The van der Waals surface area contributed by atoms with Gasteiger partial charge in [0.2, 0.25) is 11.7 Å². The number of nitrogens with zero attached hydrogens (tertiary/aromatic N) is 3.